The molecule has 232 valence electrons. The summed E-state index contributed by atoms with van der Waals surface area (Å²) in [6, 6.07) is 42.4. The number of hydrogen-bond acceptors (Lipinski definition) is 4. The van der Waals surface area contributed by atoms with Gasteiger partial charge in [0, 0.05) is 15.7 Å². The highest BCUT2D eigenvalue weighted by Gasteiger charge is 2.76. The second kappa shape index (κ2) is 11.1. The van der Waals surface area contributed by atoms with E-state index in [9.17, 15) is 4.79 Å². The largest absolute Gasteiger partial charge is 0.307 e. The minimum Gasteiger partial charge on any atom is -0.307 e. The Morgan fingerprint density at radius 1 is 0.681 bits per heavy atom. The normalized spacial score (nSPS) is 24.3. The van der Waals surface area contributed by atoms with E-state index >= 15 is 9.59 Å². The third kappa shape index (κ3) is 4.23. The van der Waals surface area contributed by atoms with E-state index in [0.29, 0.717) is 18.7 Å². The van der Waals surface area contributed by atoms with Crippen LogP contribution in [0.5, 0.6) is 0 Å². The molecule has 1 saturated heterocycles. The number of nitrogens with zero attached hydrogens (tertiary/aromatic N) is 2. The van der Waals surface area contributed by atoms with Crippen LogP contribution in [0.25, 0.3) is 0 Å². The number of anilines is 2. The van der Waals surface area contributed by atoms with Gasteiger partial charge in [-0.15, -0.1) is 0 Å². The van der Waals surface area contributed by atoms with Crippen molar-refractivity contribution in [2.24, 2.45) is 5.92 Å². The number of nitrogens with one attached hydrogen (secondary N) is 1. The molecule has 1 N–H and O–H groups in total. The first-order chi connectivity index (χ1) is 22.9. The van der Waals surface area contributed by atoms with Crippen LogP contribution in [0, 0.1) is 5.92 Å². The lowest BCUT2D eigenvalue weighted by atomic mass is 9.60. The first kappa shape index (κ1) is 29.5. The lowest BCUT2D eigenvalue weighted by molar-refractivity contribution is -0.137. The summed E-state index contributed by atoms with van der Waals surface area (Å²) >= 11 is 3.63. The Labute approximate surface area is 282 Å². The van der Waals surface area contributed by atoms with Gasteiger partial charge in [-0.1, -0.05) is 131 Å². The first-order valence-electron chi connectivity index (χ1n) is 15.8. The molecule has 1 fully saturated rings. The van der Waals surface area contributed by atoms with Gasteiger partial charge in [0.15, 0.2) is 0 Å². The van der Waals surface area contributed by atoms with Gasteiger partial charge in [-0.2, -0.15) is 0 Å². The first-order valence-corrected chi connectivity index (χ1v) is 16.6. The molecule has 0 aromatic heterocycles. The van der Waals surface area contributed by atoms with Crippen molar-refractivity contribution in [1.82, 2.24) is 5.32 Å². The highest BCUT2D eigenvalue weighted by molar-refractivity contribution is 9.10. The molecule has 8 rings (SSSR count). The molecule has 5 aromatic carbocycles. The molecule has 3 aliphatic heterocycles. The maximum atomic E-state index is 15.5. The minimum absolute atomic E-state index is 0.186. The Kier molecular flexibility index (Phi) is 7.01. The number of rotatable bonds is 6. The second-order valence-corrected chi connectivity index (χ2v) is 13.6. The summed E-state index contributed by atoms with van der Waals surface area (Å²) in [6.07, 6.45) is 0. The summed E-state index contributed by atoms with van der Waals surface area (Å²) in [4.78, 5) is 48.8. The van der Waals surface area contributed by atoms with E-state index in [1.807, 2.05) is 133 Å². The van der Waals surface area contributed by atoms with E-state index < -0.39 is 22.9 Å². The third-order valence-electron chi connectivity index (χ3n) is 10.1. The quantitative estimate of drug-likeness (QED) is 0.205. The van der Waals surface area contributed by atoms with Crippen LogP contribution in [0.15, 0.2) is 138 Å². The second-order valence-electron chi connectivity index (χ2n) is 12.6. The SMILES string of the molecule is CC(=O)[C@@H]1[C@]2(C(=O)N(Cc3ccccc3)c3ccccc32)[C@H](c2ccccc2)N[C@@]12C(=O)N(Cc1ccccc1)c1cc(Br)ccc12. The molecule has 7 heteroatoms. The van der Waals surface area contributed by atoms with Crippen molar-refractivity contribution >= 4 is 44.9 Å². The molecule has 0 bridgehead atoms. The van der Waals surface area contributed by atoms with E-state index in [1.54, 1.807) is 9.80 Å². The number of ketones is 1. The molecule has 2 amide bonds. The average Bonchev–Trinajstić information content (AvgIpc) is 3.63. The predicted molar refractivity (Wildman–Crippen MR) is 186 cm³/mol. The molecular weight excluding hydrogens is 650 g/mol. The van der Waals surface area contributed by atoms with Crippen molar-refractivity contribution in [2.45, 2.75) is 37.0 Å². The Morgan fingerprint density at radius 3 is 1.85 bits per heavy atom. The van der Waals surface area contributed by atoms with Gasteiger partial charge in [0.1, 0.15) is 16.7 Å². The van der Waals surface area contributed by atoms with Crippen molar-refractivity contribution in [3.63, 3.8) is 0 Å². The summed E-state index contributed by atoms with van der Waals surface area (Å²) in [5, 5.41) is 3.77. The van der Waals surface area contributed by atoms with Gasteiger partial charge in [0.05, 0.1) is 30.7 Å². The molecule has 0 aliphatic carbocycles. The van der Waals surface area contributed by atoms with Gasteiger partial charge in [-0.05, 0) is 47.4 Å². The summed E-state index contributed by atoms with van der Waals surface area (Å²) < 4.78 is 0.821. The topological polar surface area (TPSA) is 69.7 Å². The van der Waals surface area contributed by atoms with E-state index in [2.05, 4.69) is 21.2 Å². The number of para-hydroxylation sites is 1. The number of carbonyl (C=O) groups excluding carboxylic acids is 3. The predicted octanol–water partition coefficient (Wildman–Crippen LogP) is 7.23. The molecule has 3 aliphatic rings. The number of hydrogen-bond donors (Lipinski definition) is 1. The zero-order valence-electron chi connectivity index (χ0n) is 25.8. The third-order valence-corrected chi connectivity index (χ3v) is 10.6. The molecule has 0 unspecified atom stereocenters. The minimum atomic E-state index is -1.50. The van der Waals surface area contributed by atoms with E-state index in [4.69, 9.17) is 0 Å². The standard InChI is InChI=1S/C40H32BrN3O3/c1-26(45)35-39(31-19-11-12-20-33(31)43(37(39)46)24-27-13-5-2-6-14-27)36(29-17-9-4-10-18-29)42-40(35)32-22-21-30(41)23-34(32)44(38(40)47)25-28-15-7-3-8-16-28/h2-23,35-36,42H,24-25H2,1H3/t35-,36+,39+,40-/m1/s1. The monoisotopic (exact) mass is 681 g/mol. The summed E-state index contributed by atoms with van der Waals surface area (Å²) in [7, 11) is 0. The van der Waals surface area contributed by atoms with Gasteiger partial charge in [-0.25, -0.2) is 0 Å². The van der Waals surface area contributed by atoms with Crippen LogP contribution in [-0.2, 0) is 38.4 Å². The Morgan fingerprint density at radius 2 is 1.23 bits per heavy atom. The van der Waals surface area contributed by atoms with E-state index in [-0.39, 0.29) is 17.6 Å². The van der Waals surface area contributed by atoms with Crippen LogP contribution in [0.4, 0.5) is 11.4 Å². The van der Waals surface area contributed by atoms with Crippen LogP contribution in [0.2, 0.25) is 0 Å². The molecule has 6 nitrogen and oxygen atoms in total. The molecule has 2 spiro atoms. The number of benzene rings is 5. The lowest BCUT2D eigenvalue weighted by Crippen LogP contribution is -2.56. The van der Waals surface area contributed by atoms with Crippen molar-refractivity contribution in [1.29, 1.82) is 0 Å². The molecule has 0 radical (unpaired) electrons. The van der Waals surface area contributed by atoms with Crippen LogP contribution >= 0.6 is 15.9 Å². The summed E-state index contributed by atoms with van der Waals surface area (Å²) in [5.74, 6) is -1.68. The summed E-state index contributed by atoms with van der Waals surface area (Å²) in [5.41, 5.74) is 2.82. The number of halogens is 1. The molecule has 4 atom stereocenters. The van der Waals surface area contributed by atoms with Crippen molar-refractivity contribution in [2.75, 3.05) is 9.80 Å². The molecule has 47 heavy (non-hydrogen) atoms. The highest BCUT2D eigenvalue weighted by atomic mass is 79.9. The number of fused-ring (bicyclic) bond motifs is 4. The Hall–Kier alpha value is -4.85. The molecular formula is C40H32BrN3O3. The Balaban J connectivity index is 1.39. The molecule has 5 aromatic rings. The fourth-order valence-corrected chi connectivity index (χ4v) is 8.73. The van der Waals surface area contributed by atoms with E-state index in [0.717, 1.165) is 38.1 Å². The van der Waals surface area contributed by atoms with Crippen LogP contribution in [-0.4, -0.2) is 17.6 Å². The van der Waals surface area contributed by atoms with Crippen LogP contribution < -0.4 is 15.1 Å². The van der Waals surface area contributed by atoms with Crippen molar-refractivity contribution < 1.29 is 14.4 Å². The zero-order valence-corrected chi connectivity index (χ0v) is 27.4. The Bertz CT molecular complexity index is 2040. The molecule has 0 saturated carbocycles. The van der Waals surface area contributed by atoms with Gasteiger partial charge >= 0.3 is 0 Å². The van der Waals surface area contributed by atoms with Gasteiger partial charge in [-0.3, -0.25) is 19.7 Å². The van der Waals surface area contributed by atoms with Crippen LogP contribution in [0.1, 0.15) is 40.8 Å². The number of Topliss-reactive ketones (excluding diaryl/α,β-unsaturated/α-hetero) is 1. The zero-order chi connectivity index (χ0) is 32.3. The maximum absolute atomic E-state index is 15.5. The summed E-state index contributed by atoms with van der Waals surface area (Å²) in [6.45, 7) is 2.20. The maximum Gasteiger partial charge on any atom is 0.253 e. The van der Waals surface area contributed by atoms with Crippen molar-refractivity contribution in [3.05, 3.63) is 166 Å². The van der Waals surface area contributed by atoms with Gasteiger partial charge in [0.2, 0.25) is 5.91 Å². The van der Waals surface area contributed by atoms with E-state index in [1.165, 1.54) is 6.92 Å². The number of carbonyl (C=O) groups is 3. The van der Waals surface area contributed by atoms with Gasteiger partial charge < -0.3 is 9.80 Å². The average molecular weight is 683 g/mol. The fourth-order valence-electron chi connectivity index (χ4n) is 8.38. The molecule has 3 heterocycles. The van der Waals surface area contributed by atoms with Crippen molar-refractivity contribution in [3.8, 4) is 0 Å². The van der Waals surface area contributed by atoms with Gasteiger partial charge in [0.25, 0.3) is 5.91 Å². The highest BCUT2D eigenvalue weighted by Crippen LogP contribution is 2.65. The van der Waals surface area contributed by atoms with Crippen LogP contribution in [0.3, 0.4) is 0 Å². The number of amides is 2. The smallest absolute Gasteiger partial charge is 0.253 e. The fraction of sp³-hybridized carbons (Fsp3) is 0.175. The lowest BCUT2D eigenvalue weighted by Gasteiger charge is -2.37.